The summed E-state index contributed by atoms with van der Waals surface area (Å²) < 4.78 is 11.9. The van der Waals surface area contributed by atoms with Gasteiger partial charge in [0.15, 0.2) is 21.3 Å². The standard InChI is InChI=1S/C3H6ClNOS/c4-7(6)5-2-1-3-5/h1-3H2. The zero-order chi connectivity index (χ0) is 5.28. The van der Waals surface area contributed by atoms with Crippen LogP contribution in [0.4, 0.5) is 0 Å². The lowest BCUT2D eigenvalue weighted by atomic mass is 10.3. The first-order valence-electron chi connectivity index (χ1n) is 2.14. The van der Waals surface area contributed by atoms with E-state index in [1.54, 1.807) is 4.31 Å². The second-order valence-electron chi connectivity index (χ2n) is 1.49. The van der Waals surface area contributed by atoms with Crippen molar-refractivity contribution in [2.75, 3.05) is 13.1 Å². The Morgan fingerprint density at radius 1 is 1.57 bits per heavy atom. The van der Waals surface area contributed by atoms with Crippen molar-refractivity contribution in [3.63, 3.8) is 0 Å². The minimum absolute atomic E-state index is 0.899. The molecule has 0 aliphatic carbocycles. The highest BCUT2D eigenvalue weighted by molar-refractivity contribution is 8.11. The average Bonchev–Trinajstić information content (AvgIpc) is 1.23. The van der Waals surface area contributed by atoms with Gasteiger partial charge in [0.05, 0.1) is 0 Å². The summed E-state index contributed by atoms with van der Waals surface area (Å²) in [5, 5.41) is 0. The summed E-state index contributed by atoms with van der Waals surface area (Å²) in [5.41, 5.74) is 0. The number of hydrogen-bond acceptors (Lipinski definition) is 2. The molecule has 1 unspecified atom stereocenters. The highest BCUT2D eigenvalue weighted by Gasteiger charge is 2.24. The Kier molecular flexibility index (Phi) is 1.80. The van der Waals surface area contributed by atoms with Gasteiger partial charge in [0, 0.05) is 13.1 Å². The lowest BCUT2D eigenvalue weighted by Crippen LogP contribution is -2.39. The lowest BCUT2D eigenvalue weighted by molar-refractivity contribution is 0.316. The van der Waals surface area contributed by atoms with Gasteiger partial charge in [-0.25, -0.2) is 0 Å². The average molecular weight is 140 g/mol. The molecule has 1 rings (SSSR count). The molecule has 0 aromatic carbocycles. The van der Waals surface area contributed by atoms with Crippen LogP contribution in [0.25, 0.3) is 0 Å². The molecule has 1 atom stereocenters. The van der Waals surface area contributed by atoms with Crippen LogP contribution in [0.5, 0.6) is 0 Å². The molecule has 42 valence electrons. The van der Waals surface area contributed by atoms with Crippen LogP contribution in [0, 0.1) is 0 Å². The van der Waals surface area contributed by atoms with E-state index in [4.69, 9.17) is 10.7 Å². The minimum atomic E-state index is -1.22. The topological polar surface area (TPSA) is 26.3 Å². The maximum atomic E-state index is 10.2. The first-order valence-corrected chi connectivity index (χ1v) is 4.07. The smallest absolute Gasteiger partial charge is 0.200 e. The van der Waals surface area contributed by atoms with Crippen molar-refractivity contribution in [1.29, 1.82) is 0 Å². The fourth-order valence-corrected chi connectivity index (χ4v) is 1.39. The van der Waals surface area contributed by atoms with Gasteiger partial charge in [-0.05, 0) is 6.42 Å². The maximum absolute atomic E-state index is 10.2. The van der Waals surface area contributed by atoms with Crippen molar-refractivity contribution in [2.45, 2.75) is 6.42 Å². The Bertz CT molecular complexity index is 66.0. The Morgan fingerprint density at radius 2 is 2.14 bits per heavy atom. The maximum Gasteiger partial charge on any atom is 0.200 e. The molecule has 0 aromatic rings. The Labute approximate surface area is 50.3 Å². The Balaban J connectivity index is 2.14. The van der Waals surface area contributed by atoms with Crippen molar-refractivity contribution >= 4 is 21.3 Å². The van der Waals surface area contributed by atoms with Gasteiger partial charge >= 0.3 is 0 Å². The summed E-state index contributed by atoms with van der Waals surface area (Å²) in [4.78, 5) is 0. The van der Waals surface area contributed by atoms with Gasteiger partial charge in [0.1, 0.15) is 0 Å². The van der Waals surface area contributed by atoms with E-state index in [2.05, 4.69) is 0 Å². The molecule has 1 saturated heterocycles. The van der Waals surface area contributed by atoms with Crippen LogP contribution in [-0.2, 0) is 10.6 Å². The molecular weight excluding hydrogens is 134 g/mol. The van der Waals surface area contributed by atoms with Gasteiger partial charge in [-0.1, -0.05) is 0 Å². The Hall–Kier alpha value is 0.560. The summed E-state index contributed by atoms with van der Waals surface area (Å²) in [6.07, 6.45) is 1.14. The molecular formula is C3H6ClNOS. The summed E-state index contributed by atoms with van der Waals surface area (Å²) in [5.74, 6) is 0. The minimum Gasteiger partial charge on any atom is -0.580 e. The molecule has 4 heteroatoms. The predicted octanol–water partition coefficient (Wildman–Crippen LogP) is 0.510. The third-order valence-electron chi connectivity index (χ3n) is 1.02. The van der Waals surface area contributed by atoms with E-state index in [9.17, 15) is 4.55 Å². The molecule has 1 fully saturated rings. The van der Waals surface area contributed by atoms with E-state index in [-0.39, 0.29) is 0 Å². The van der Waals surface area contributed by atoms with Crippen molar-refractivity contribution in [3.05, 3.63) is 0 Å². The van der Waals surface area contributed by atoms with Crippen LogP contribution in [0.2, 0.25) is 0 Å². The van der Waals surface area contributed by atoms with E-state index in [0.29, 0.717) is 0 Å². The van der Waals surface area contributed by atoms with E-state index in [1.165, 1.54) is 0 Å². The van der Waals surface area contributed by atoms with Gasteiger partial charge < -0.3 is 4.55 Å². The molecule has 7 heavy (non-hydrogen) atoms. The van der Waals surface area contributed by atoms with Gasteiger partial charge in [0.25, 0.3) is 0 Å². The first-order chi connectivity index (χ1) is 3.30. The number of hydrogen-bond donors (Lipinski definition) is 0. The molecule has 2 nitrogen and oxygen atoms in total. The van der Waals surface area contributed by atoms with Crippen LogP contribution < -0.4 is 0 Å². The molecule has 0 amide bonds. The third kappa shape index (κ3) is 1.22. The van der Waals surface area contributed by atoms with E-state index in [1.807, 2.05) is 0 Å². The summed E-state index contributed by atoms with van der Waals surface area (Å²) in [7, 11) is 3.96. The molecule has 1 aliphatic heterocycles. The lowest BCUT2D eigenvalue weighted by Gasteiger charge is -2.25. The van der Waals surface area contributed by atoms with Crippen molar-refractivity contribution in [3.8, 4) is 0 Å². The summed E-state index contributed by atoms with van der Waals surface area (Å²) >= 11 is 0. The monoisotopic (exact) mass is 139 g/mol. The van der Waals surface area contributed by atoms with Gasteiger partial charge in [-0.2, -0.15) is 0 Å². The molecule has 0 spiro atoms. The van der Waals surface area contributed by atoms with Gasteiger partial charge in [0.2, 0.25) is 0 Å². The zero-order valence-corrected chi connectivity index (χ0v) is 5.34. The molecule has 0 N–H and O–H groups in total. The van der Waals surface area contributed by atoms with Crippen molar-refractivity contribution in [2.24, 2.45) is 0 Å². The molecule has 0 bridgehead atoms. The number of rotatable bonds is 1. The third-order valence-corrected chi connectivity index (χ3v) is 2.37. The number of nitrogens with zero attached hydrogens (tertiary/aromatic N) is 1. The predicted molar refractivity (Wildman–Crippen MR) is 30.2 cm³/mol. The highest BCUT2D eigenvalue weighted by atomic mass is 35.7. The van der Waals surface area contributed by atoms with E-state index < -0.39 is 10.6 Å². The second-order valence-corrected chi connectivity index (χ2v) is 3.21. The zero-order valence-electron chi connectivity index (χ0n) is 3.76. The first kappa shape index (κ1) is 5.69. The van der Waals surface area contributed by atoms with Crippen molar-refractivity contribution < 1.29 is 4.55 Å². The Morgan fingerprint density at radius 3 is 2.14 bits per heavy atom. The van der Waals surface area contributed by atoms with Crippen LogP contribution >= 0.6 is 10.7 Å². The molecule has 1 aliphatic rings. The molecule has 1 heterocycles. The molecule has 0 aromatic heterocycles. The quantitative estimate of drug-likeness (QED) is 0.495. The fraction of sp³-hybridized carbons (Fsp3) is 1.00. The van der Waals surface area contributed by atoms with E-state index in [0.717, 1.165) is 19.5 Å². The largest absolute Gasteiger partial charge is 0.580 e. The second kappa shape index (κ2) is 2.22. The van der Waals surface area contributed by atoms with Crippen LogP contribution in [0.15, 0.2) is 0 Å². The van der Waals surface area contributed by atoms with E-state index >= 15 is 0 Å². The summed E-state index contributed by atoms with van der Waals surface area (Å²) in [6.45, 7) is 1.80. The van der Waals surface area contributed by atoms with Crippen molar-refractivity contribution in [1.82, 2.24) is 4.31 Å². The van der Waals surface area contributed by atoms with Crippen LogP contribution in [0.3, 0.4) is 0 Å². The van der Waals surface area contributed by atoms with Gasteiger partial charge in [-0.15, -0.1) is 4.31 Å². The van der Waals surface area contributed by atoms with Crippen LogP contribution in [0.1, 0.15) is 6.42 Å². The fourth-order valence-electron chi connectivity index (χ4n) is 0.431. The van der Waals surface area contributed by atoms with Crippen LogP contribution in [-0.4, -0.2) is 21.9 Å². The molecule has 0 radical (unpaired) electrons. The number of halogens is 1. The van der Waals surface area contributed by atoms with Gasteiger partial charge in [-0.3, -0.25) is 0 Å². The SMILES string of the molecule is [O-][S+](Cl)N1CCC1. The normalized spacial score (nSPS) is 26.6. The highest BCUT2D eigenvalue weighted by Crippen LogP contribution is 2.14. The summed E-state index contributed by atoms with van der Waals surface area (Å²) in [6, 6.07) is 0. The molecule has 0 saturated carbocycles.